The van der Waals surface area contributed by atoms with Gasteiger partial charge in [0.1, 0.15) is 0 Å². The largest absolute Gasteiger partial charge is 0.384 e. The molecule has 7 heteroatoms. The number of nitrogens with zero attached hydrogens (tertiary/aromatic N) is 2. The molecule has 0 aliphatic rings. The van der Waals surface area contributed by atoms with Gasteiger partial charge in [-0.15, -0.1) is 0 Å². The maximum Gasteiger partial charge on any atom is 0.199 e. The quantitative estimate of drug-likeness (QED) is 0.260. The second-order valence-electron chi connectivity index (χ2n) is 6.98. The normalized spacial score (nSPS) is 11.8. The molecule has 0 atom stereocenters. The Kier molecular flexibility index (Phi) is 5.38. The van der Waals surface area contributed by atoms with Crippen molar-refractivity contribution in [1.82, 2.24) is 14.9 Å². The molecule has 0 fully saturated rings. The summed E-state index contributed by atoms with van der Waals surface area (Å²) in [4.78, 5) is 13.3. The molecule has 0 saturated carbocycles. The van der Waals surface area contributed by atoms with Crippen LogP contribution in [0.25, 0.3) is 27.2 Å². The van der Waals surface area contributed by atoms with Crippen LogP contribution < -0.4 is 27.5 Å². The lowest BCUT2D eigenvalue weighted by molar-refractivity contribution is 0.645. The maximum atomic E-state index is 13.3. The van der Waals surface area contributed by atoms with Gasteiger partial charge >= 0.3 is 0 Å². The van der Waals surface area contributed by atoms with Gasteiger partial charge in [0, 0.05) is 29.5 Å². The number of fused-ring (bicyclic) bond motifs is 2. The first-order valence-corrected chi connectivity index (χ1v) is 9.79. The van der Waals surface area contributed by atoms with Gasteiger partial charge in [-0.3, -0.25) is 4.79 Å². The van der Waals surface area contributed by atoms with Gasteiger partial charge in [0.25, 0.3) is 0 Å². The molecule has 0 radical (unpaired) electrons. The van der Waals surface area contributed by atoms with E-state index in [4.69, 9.17) is 16.6 Å². The minimum absolute atomic E-state index is 0.0338. The molecule has 2 aromatic heterocycles. The molecule has 2 aromatic carbocycles. The third-order valence-electron chi connectivity index (χ3n) is 5.07. The number of nitrogens with one attached hydrogen (secondary N) is 2. The van der Waals surface area contributed by atoms with Gasteiger partial charge in [-0.1, -0.05) is 12.1 Å². The van der Waals surface area contributed by atoms with E-state index in [9.17, 15) is 4.79 Å². The summed E-state index contributed by atoms with van der Waals surface area (Å²) < 4.78 is 1.91. The van der Waals surface area contributed by atoms with E-state index in [1.165, 1.54) is 0 Å². The first-order valence-electron chi connectivity index (χ1n) is 9.79. The monoisotopic (exact) mass is 378 g/mol. The molecule has 0 saturated heterocycles. The van der Waals surface area contributed by atoms with Crippen LogP contribution in [0, 0.1) is 0 Å². The van der Waals surface area contributed by atoms with Crippen molar-refractivity contribution in [3.05, 3.63) is 52.3 Å². The van der Waals surface area contributed by atoms with Crippen molar-refractivity contribution in [2.45, 2.75) is 19.4 Å². The van der Waals surface area contributed by atoms with Crippen LogP contribution in [0.3, 0.4) is 0 Å². The number of anilines is 1. The molecule has 0 spiro atoms. The predicted octanol–water partition coefficient (Wildman–Crippen LogP) is 1.64. The van der Waals surface area contributed by atoms with Crippen LogP contribution in [-0.4, -0.2) is 35.8 Å². The molecule has 28 heavy (non-hydrogen) atoms. The number of hydrogen-bond donors (Lipinski definition) is 4. The summed E-state index contributed by atoms with van der Waals surface area (Å²) in [5.74, 6) is 0. The number of nitrogens with two attached hydrogens (primary N) is 2. The molecule has 0 unspecified atom stereocenters. The first kappa shape index (κ1) is 18.6. The fourth-order valence-corrected chi connectivity index (χ4v) is 3.69. The molecule has 7 nitrogen and oxygen atoms in total. The molecule has 6 N–H and O–H groups in total. The van der Waals surface area contributed by atoms with E-state index < -0.39 is 0 Å². The first-order chi connectivity index (χ1) is 13.8. The van der Waals surface area contributed by atoms with E-state index >= 15 is 0 Å². The lowest BCUT2D eigenvalue weighted by Gasteiger charge is -2.11. The Bertz CT molecular complexity index is 1150. The Labute approximate surface area is 163 Å². The van der Waals surface area contributed by atoms with Gasteiger partial charge in [0.05, 0.1) is 22.1 Å². The number of para-hydroxylation sites is 1. The minimum atomic E-state index is 0.0338. The van der Waals surface area contributed by atoms with E-state index in [-0.39, 0.29) is 5.43 Å². The predicted molar refractivity (Wildman–Crippen MR) is 115 cm³/mol. The second kappa shape index (κ2) is 8.10. The number of pyridine rings is 1. The Morgan fingerprint density at radius 1 is 0.964 bits per heavy atom. The highest BCUT2D eigenvalue weighted by Gasteiger charge is 2.19. The summed E-state index contributed by atoms with van der Waals surface area (Å²) in [6.45, 7) is 3.47. The maximum absolute atomic E-state index is 13.3. The topological polar surface area (TPSA) is 110 Å². The Balaban J connectivity index is 1.91. The van der Waals surface area contributed by atoms with Crippen molar-refractivity contribution in [3.8, 4) is 0 Å². The van der Waals surface area contributed by atoms with Crippen molar-refractivity contribution in [2.24, 2.45) is 11.5 Å². The molecule has 0 amide bonds. The lowest BCUT2D eigenvalue weighted by atomic mass is 10.1. The minimum Gasteiger partial charge on any atom is -0.384 e. The van der Waals surface area contributed by atoms with Crippen molar-refractivity contribution >= 4 is 32.9 Å². The Morgan fingerprint density at radius 3 is 2.57 bits per heavy atom. The van der Waals surface area contributed by atoms with Gasteiger partial charge in [-0.2, -0.15) is 5.10 Å². The number of aromatic nitrogens is 2. The Morgan fingerprint density at radius 2 is 1.75 bits per heavy atom. The van der Waals surface area contributed by atoms with Gasteiger partial charge in [-0.25, -0.2) is 4.52 Å². The Hall–Kier alpha value is -2.74. The molecule has 4 aromatic rings. The zero-order valence-electron chi connectivity index (χ0n) is 15.9. The SMILES string of the molecule is NCCCNCc1nn2c3ccccc3c(=O)c3c(NCCCN)ccc1c32. The third kappa shape index (κ3) is 3.17. The summed E-state index contributed by atoms with van der Waals surface area (Å²) in [6.07, 6.45) is 1.76. The average Bonchev–Trinajstić information content (AvgIpc) is 3.09. The second-order valence-corrected chi connectivity index (χ2v) is 6.98. The molecule has 146 valence electrons. The van der Waals surface area contributed by atoms with Gasteiger partial charge < -0.3 is 22.1 Å². The molecular formula is C21H26N6O. The fraction of sp³-hybridized carbons (Fsp3) is 0.333. The van der Waals surface area contributed by atoms with E-state index in [0.29, 0.717) is 30.4 Å². The summed E-state index contributed by atoms with van der Waals surface area (Å²) in [6, 6.07) is 11.7. The van der Waals surface area contributed by atoms with Crippen molar-refractivity contribution < 1.29 is 0 Å². The van der Waals surface area contributed by atoms with Crippen LogP contribution in [0.1, 0.15) is 18.5 Å². The third-order valence-corrected chi connectivity index (χ3v) is 5.07. The molecule has 2 heterocycles. The average molecular weight is 378 g/mol. The van der Waals surface area contributed by atoms with Crippen LogP contribution in [0.2, 0.25) is 0 Å². The smallest absolute Gasteiger partial charge is 0.199 e. The van der Waals surface area contributed by atoms with Crippen LogP contribution in [0.5, 0.6) is 0 Å². The van der Waals surface area contributed by atoms with Crippen molar-refractivity contribution in [1.29, 1.82) is 0 Å². The highest BCUT2D eigenvalue weighted by atomic mass is 16.1. The zero-order chi connectivity index (χ0) is 19.5. The lowest BCUT2D eigenvalue weighted by Crippen LogP contribution is -2.18. The summed E-state index contributed by atoms with van der Waals surface area (Å²) >= 11 is 0. The summed E-state index contributed by atoms with van der Waals surface area (Å²) in [5.41, 5.74) is 14.7. The van der Waals surface area contributed by atoms with Gasteiger partial charge in [0.15, 0.2) is 5.43 Å². The van der Waals surface area contributed by atoms with Crippen LogP contribution >= 0.6 is 0 Å². The molecule has 0 bridgehead atoms. The summed E-state index contributed by atoms with van der Waals surface area (Å²) in [5, 5.41) is 14.0. The molecule has 0 aliphatic carbocycles. The molecule has 4 rings (SSSR count). The summed E-state index contributed by atoms with van der Waals surface area (Å²) in [7, 11) is 0. The number of benzene rings is 2. The van der Waals surface area contributed by atoms with Crippen molar-refractivity contribution in [3.63, 3.8) is 0 Å². The van der Waals surface area contributed by atoms with Gasteiger partial charge in [-0.05, 0) is 56.7 Å². The van der Waals surface area contributed by atoms with Gasteiger partial charge in [0.2, 0.25) is 0 Å². The van der Waals surface area contributed by atoms with Crippen LogP contribution in [0.4, 0.5) is 5.69 Å². The molecular weight excluding hydrogens is 352 g/mol. The fourth-order valence-electron chi connectivity index (χ4n) is 3.69. The van der Waals surface area contributed by atoms with E-state index in [0.717, 1.165) is 53.7 Å². The zero-order valence-corrected chi connectivity index (χ0v) is 15.9. The molecule has 0 aliphatic heterocycles. The van der Waals surface area contributed by atoms with E-state index in [2.05, 4.69) is 10.6 Å². The highest BCUT2D eigenvalue weighted by molar-refractivity contribution is 6.08. The standard InChI is InChI=1S/C21H26N6O/c22-9-3-11-24-13-17-14-7-8-16(25-12-4-10-23)19-20(14)27(26-17)18-6-2-1-5-15(18)21(19)28/h1-2,5-8,24-25H,3-4,9-13,22-23H2. The number of rotatable bonds is 9. The van der Waals surface area contributed by atoms with Crippen LogP contribution in [-0.2, 0) is 6.54 Å². The van der Waals surface area contributed by atoms with Crippen molar-refractivity contribution in [2.75, 3.05) is 31.5 Å². The van der Waals surface area contributed by atoms with E-state index in [1.807, 2.05) is 40.9 Å². The highest BCUT2D eigenvalue weighted by Crippen LogP contribution is 2.30. The number of hydrogen-bond acceptors (Lipinski definition) is 6. The van der Waals surface area contributed by atoms with Crippen LogP contribution in [0.15, 0.2) is 41.2 Å². The van der Waals surface area contributed by atoms with E-state index in [1.54, 1.807) is 0 Å².